The van der Waals surface area contributed by atoms with Crippen LogP contribution in [0.15, 0.2) is 17.2 Å². The highest BCUT2D eigenvalue weighted by atomic mass is 35.5. The van der Waals surface area contributed by atoms with Gasteiger partial charge in [-0.05, 0) is 24.6 Å². The molecule has 0 aromatic heterocycles. The first-order valence-corrected chi connectivity index (χ1v) is 5.48. The van der Waals surface area contributed by atoms with Crippen LogP contribution in [0.25, 0.3) is 0 Å². The Balaban J connectivity index is 2.76. The molecule has 18 heavy (non-hydrogen) atoms. The summed E-state index contributed by atoms with van der Waals surface area (Å²) in [6.07, 6.45) is 0.704. The molecule has 0 aliphatic rings. The summed E-state index contributed by atoms with van der Waals surface area (Å²) in [5.74, 6) is 0.0785. The first kappa shape index (κ1) is 14.1. The number of hydrazone groups is 1. The van der Waals surface area contributed by atoms with Gasteiger partial charge in [0.05, 0.1) is 25.0 Å². The van der Waals surface area contributed by atoms with Gasteiger partial charge < -0.3 is 14.6 Å². The number of halogens is 1. The van der Waals surface area contributed by atoms with Crippen molar-refractivity contribution in [1.82, 2.24) is 5.43 Å². The second-order valence-electron chi connectivity index (χ2n) is 3.14. The summed E-state index contributed by atoms with van der Waals surface area (Å²) in [5.41, 5.74) is 2.73. The van der Waals surface area contributed by atoms with Gasteiger partial charge in [0, 0.05) is 0 Å². The van der Waals surface area contributed by atoms with E-state index in [4.69, 9.17) is 16.3 Å². The molecule has 1 rings (SSSR count). The molecule has 0 aliphatic heterocycles. The van der Waals surface area contributed by atoms with Crippen LogP contribution >= 0.6 is 11.6 Å². The Bertz CT molecular complexity index is 463. The van der Waals surface area contributed by atoms with Crippen LogP contribution in [0.1, 0.15) is 12.5 Å². The number of aromatic hydroxyl groups is 1. The molecule has 98 valence electrons. The summed E-state index contributed by atoms with van der Waals surface area (Å²) in [6.45, 7) is 1.95. The quantitative estimate of drug-likeness (QED) is 0.650. The number of carbonyl (C=O) groups excluding carboxylic acids is 1. The normalized spacial score (nSPS) is 10.4. The summed E-state index contributed by atoms with van der Waals surface area (Å²) in [5, 5.41) is 13.3. The lowest BCUT2D eigenvalue weighted by Crippen LogP contribution is -2.18. The molecule has 0 saturated heterocycles. The zero-order valence-corrected chi connectivity index (χ0v) is 10.7. The maximum Gasteiger partial charge on any atom is 0.427 e. The minimum atomic E-state index is -0.648. The number of phenols is 1. The molecule has 0 spiro atoms. The van der Waals surface area contributed by atoms with Gasteiger partial charge in [-0.25, -0.2) is 10.2 Å². The average molecular weight is 273 g/mol. The molecule has 0 heterocycles. The van der Waals surface area contributed by atoms with Crippen molar-refractivity contribution in [3.8, 4) is 11.5 Å². The second-order valence-corrected chi connectivity index (χ2v) is 3.55. The van der Waals surface area contributed by atoms with E-state index in [-0.39, 0.29) is 23.1 Å². The number of nitrogens with zero attached hydrogens (tertiary/aromatic N) is 1. The van der Waals surface area contributed by atoms with Gasteiger partial charge in [-0.1, -0.05) is 11.6 Å². The maximum absolute atomic E-state index is 10.9. The third kappa shape index (κ3) is 3.81. The average Bonchev–Trinajstić information content (AvgIpc) is 2.33. The number of benzene rings is 1. The standard InChI is InChI=1S/C11H13ClN2O4/c1-3-18-11(16)14-13-6-7-4-8(12)10(15)9(5-7)17-2/h4-6,15H,3H2,1-2H3,(H,14,16)/b13-6+. The minimum absolute atomic E-state index is 0.131. The molecule has 1 aromatic rings. The SMILES string of the molecule is CCOC(=O)N/N=C/c1cc(Cl)c(O)c(OC)c1. The first-order valence-electron chi connectivity index (χ1n) is 5.10. The van der Waals surface area contributed by atoms with Crippen molar-refractivity contribution in [3.05, 3.63) is 22.7 Å². The Morgan fingerprint density at radius 2 is 2.33 bits per heavy atom. The fourth-order valence-electron chi connectivity index (χ4n) is 1.15. The van der Waals surface area contributed by atoms with Crippen molar-refractivity contribution in [2.75, 3.05) is 13.7 Å². The lowest BCUT2D eigenvalue weighted by Gasteiger charge is -2.06. The van der Waals surface area contributed by atoms with E-state index in [0.717, 1.165) is 0 Å². The summed E-state index contributed by atoms with van der Waals surface area (Å²) in [4.78, 5) is 10.9. The van der Waals surface area contributed by atoms with Gasteiger partial charge in [0.15, 0.2) is 11.5 Å². The van der Waals surface area contributed by atoms with Gasteiger partial charge in [-0.3, -0.25) is 0 Å². The number of ether oxygens (including phenoxy) is 2. The predicted octanol–water partition coefficient (Wildman–Crippen LogP) is 2.13. The topological polar surface area (TPSA) is 80.2 Å². The lowest BCUT2D eigenvalue weighted by atomic mass is 10.2. The molecule has 0 fully saturated rings. The van der Waals surface area contributed by atoms with Crippen LogP contribution in [0, 0.1) is 0 Å². The molecule has 0 aliphatic carbocycles. The first-order chi connectivity index (χ1) is 8.58. The number of rotatable bonds is 4. The number of methoxy groups -OCH3 is 1. The van der Waals surface area contributed by atoms with Gasteiger partial charge in [0.1, 0.15) is 0 Å². The number of hydrogen-bond donors (Lipinski definition) is 2. The highest BCUT2D eigenvalue weighted by molar-refractivity contribution is 6.32. The van der Waals surface area contributed by atoms with Crippen LogP contribution in [0.4, 0.5) is 4.79 Å². The van der Waals surface area contributed by atoms with Crippen molar-refractivity contribution < 1.29 is 19.4 Å². The van der Waals surface area contributed by atoms with E-state index in [1.54, 1.807) is 6.92 Å². The zero-order valence-electron chi connectivity index (χ0n) is 9.94. The third-order valence-corrected chi connectivity index (χ3v) is 2.20. The summed E-state index contributed by atoms with van der Waals surface area (Å²) in [6, 6.07) is 3.01. The van der Waals surface area contributed by atoms with Crippen LogP contribution in [0.5, 0.6) is 11.5 Å². The fourth-order valence-corrected chi connectivity index (χ4v) is 1.37. The summed E-state index contributed by atoms with van der Waals surface area (Å²) >= 11 is 5.79. The van der Waals surface area contributed by atoms with Crippen molar-refractivity contribution in [2.45, 2.75) is 6.92 Å². The molecule has 1 aromatic carbocycles. The zero-order chi connectivity index (χ0) is 13.5. The van der Waals surface area contributed by atoms with E-state index < -0.39 is 6.09 Å². The van der Waals surface area contributed by atoms with E-state index in [9.17, 15) is 9.90 Å². The maximum atomic E-state index is 10.9. The van der Waals surface area contributed by atoms with Crippen molar-refractivity contribution in [3.63, 3.8) is 0 Å². The fraction of sp³-hybridized carbons (Fsp3) is 0.273. The molecular formula is C11H13ClN2O4. The number of amides is 1. The third-order valence-electron chi connectivity index (χ3n) is 1.92. The van der Waals surface area contributed by atoms with Gasteiger partial charge >= 0.3 is 6.09 Å². The second kappa shape index (κ2) is 6.70. The van der Waals surface area contributed by atoms with Crippen LogP contribution < -0.4 is 10.2 Å². The van der Waals surface area contributed by atoms with E-state index in [1.807, 2.05) is 0 Å². The van der Waals surface area contributed by atoms with E-state index in [1.165, 1.54) is 25.5 Å². The lowest BCUT2D eigenvalue weighted by molar-refractivity contribution is 0.152. The molecule has 1 amide bonds. The number of phenolic OH excluding ortho intramolecular Hbond substituents is 1. The van der Waals surface area contributed by atoms with Crippen molar-refractivity contribution in [1.29, 1.82) is 0 Å². The van der Waals surface area contributed by atoms with E-state index in [0.29, 0.717) is 5.56 Å². The van der Waals surface area contributed by atoms with Crippen LogP contribution in [-0.2, 0) is 4.74 Å². The largest absolute Gasteiger partial charge is 0.503 e. The Labute approximate surface area is 109 Å². The molecule has 7 heteroatoms. The van der Waals surface area contributed by atoms with Crippen LogP contribution in [-0.4, -0.2) is 31.1 Å². The number of hydrogen-bond acceptors (Lipinski definition) is 5. The Morgan fingerprint density at radius 1 is 1.61 bits per heavy atom. The molecule has 2 N–H and O–H groups in total. The van der Waals surface area contributed by atoms with Gasteiger partial charge in [-0.2, -0.15) is 5.10 Å². The number of nitrogens with one attached hydrogen (secondary N) is 1. The molecule has 0 radical (unpaired) electrons. The van der Waals surface area contributed by atoms with Crippen molar-refractivity contribution >= 4 is 23.9 Å². The molecule has 0 bridgehead atoms. The minimum Gasteiger partial charge on any atom is -0.503 e. The van der Waals surface area contributed by atoms with Crippen LogP contribution in [0.3, 0.4) is 0 Å². The van der Waals surface area contributed by atoms with Gasteiger partial charge in [-0.15, -0.1) is 0 Å². The Morgan fingerprint density at radius 3 is 2.94 bits per heavy atom. The Hall–Kier alpha value is -1.95. The molecule has 0 unspecified atom stereocenters. The van der Waals surface area contributed by atoms with Crippen molar-refractivity contribution in [2.24, 2.45) is 5.10 Å². The predicted molar refractivity (Wildman–Crippen MR) is 67.4 cm³/mol. The highest BCUT2D eigenvalue weighted by Crippen LogP contribution is 2.34. The van der Waals surface area contributed by atoms with Gasteiger partial charge in [0.2, 0.25) is 0 Å². The van der Waals surface area contributed by atoms with E-state index in [2.05, 4.69) is 15.3 Å². The monoisotopic (exact) mass is 272 g/mol. The van der Waals surface area contributed by atoms with Crippen LogP contribution in [0.2, 0.25) is 5.02 Å². The Kier molecular flexibility index (Phi) is 5.26. The van der Waals surface area contributed by atoms with E-state index >= 15 is 0 Å². The van der Waals surface area contributed by atoms with Gasteiger partial charge in [0.25, 0.3) is 0 Å². The molecule has 6 nitrogen and oxygen atoms in total. The summed E-state index contributed by atoms with van der Waals surface area (Å²) < 4.78 is 9.54. The smallest absolute Gasteiger partial charge is 0.427 e. The molecule has 0 saturated carbocycles. The highest BCUT2D eigenvalue weighted by Gasteiger charge is 2.07. The number of carbonyl (C=O) groups is 1. The molecular weight excluding hydrogens is 260 g/mol. The molecule has 0 atom stereocenters. The summed E-state index contributed by atoms with van der Waals surface area (Å²) in [7, 11) is 1.41.